The van der Waals surface area contributed by atoms with Crippen molar-refractivity contribution in [3.63, 3.8) is 0 Å². The maximum Gasteiger partial charge on any atom is 0.695 e. The molecule has 2 unspecified atom stereocenters. The molecule has 0 aromatic carbocycles. The maximum atomic E-state index is 12.4. The highest BCUT2D eigenvalue weighted by molar-refractivity contribution is 7.32. The van der Waals surface area contributed by atoms with E-state index in [1.807, 2.05) is 0 Å². The van der Waals surface area contributed by atoms with Crippen molar-refractivity contribution in [2.45, 2.75) is 160 Å². The summed E-state index contributed by atoms with van der Waals surface area (Å²) in [5, 5.41) is 12.5. The predicted molar refractivity (Wildman–Crippen MR) is 184 cm³/mol. The molecule has 0 saturated carbocycles. The number of esters is 1. The van der Waals surface area contributed by atoms with Crippen LogP contribution in [0.3, 0.4) is 0 Å². The Morgan fingerprint density at radius 3 is 2.12 bits per heavy atom. The lowest BCUT2D eigenvalue weighted by Gasteiger charge is -2.22. The fourth-order valence-electron chi connectivity index (χ4n) is 5.87. The van der Waals surface area contributed by atoms with Crippen LogP contribution in [0.2, 0.25) is 0 Å². The maximum absolute atomic E-state index is 12.4. The van der Waals surface area contributed by atoms with Gasteiger partial charge in [-0.25, -0.2) is 4.79 Å². The number of carbonyl (C=O) groups excluding carboxylic acids is 2. The van der Waals surface area contributed by atoms with Crippen molar-refractivity contribution in [1.29, 1.82) is 0 Å². The van der Waals surface area contributed by atoms with Crippen LogP contribution in [0.1, 0.15) is 136 Å². The number of aromatic nitrogens is 2. The Labute approximate surface area is 290 Å². The lowest BCUT2D eigenvalue weighted by molar-refractivity contribution is -0.154. The molecule has 280 valence electrons. The number of amides is 1. The van der Waals surface area contributed by atoms with Gasteiger partial charge in [0.1, 0.15) is 12.2 Å². The number of rotatable bonds is 28. The molecule has 1 aromatic heterocycles. The third-order valence-electron chi connectivity index (χ3n) is 8.65. The molecular formula is C34H59N3O11P+. The third kappa shape index (κ3) is 17.3. The Kier molecular flexibility index (Phi) is 22.2. The monoisotopic (exact) mass is 716 g/mol. The smallest absolute Gasteiger partial charge is 0.453 e. The summed E-state index contributed by atoms with van der Waals surface area (Å²) in [4.78, 5) is 59.8. The van der Waals surface area contributed by atoms with E-state index in [2.05, 4.69) is 17.2 Å². The van der Waals surface area contributed by atoms with E-state index in [1.165, 1.54) is 70.4 Å². The Morgan fingerprint density at radius 2 is 1.53 bits per heavy atom. The Hall–Kier alpha value is -2.48. The second kappa shape index (κ2) is 25.5. The fraction of sp³-hybridized carbons (Fsp3) is 0.824. The zero-order valence-electron chi connectivity index (χ0n) is 29.4. The van der Waals surface area contributed by atoms with Crippen molar-refractivity contribution in [3.8, 4) is 0 Å². The van der Waals surface area contributed by atoms with E-state index in [4.69, 9.17) is 18.7 Å². The number of aliphatic hydroxyl groups excluding tert-OH is 1. The Bertz CT molecular complexity index is 1210. The molecule has 6 atom stereocenters. The molecule has 0 bridgehead atoms. The lowest BCUT2D eigenvalue weighted by Crippen LogP contribution is -2.40. The first-order valence-electron chi connectivity index (χ1n) is 18.2. The number of nitrogens with zero attached hydrogens (tertiary/aromatic N) is 1. The van der Waals surface area contributed by atoms with Gasteiger partial charge in [-0.05, 0) is 26.2 Å². The van der Waals surface area contributed by atoms with Crippen molar-refractivity contribution in [2.75, 3.05) is 19.8 Å². The molecule has 1 fully saturated rings. The first kappa shape index (κ1) is 42.7. The molecular weight excluding hydrogens is 657 g/mol. The molecule has 49 heavy (non-hydrogen) atoms. The van der Waals surface area contributed by atoms with E-state index in [9.17, 15) is 33.7 Å². The molecule has 0 spiro atoms. The zero-order valence-corrected chi connectivity index (χ0v) is 30.2. The van der Waals surface area contributed by atoms with Gasteiger partial charge in [-0.3, -0.25) is 23.9 Å². The SMILES string of the molecule is CCCCCCCCCCCCCCCC(=O)O[C@@H](C)C(=O)NCCCCCCO[C@H]1C(O[P+](=O)O)[C@@H](CO)O[C@H]1n1ccc(=O)[nH]c1=O. The van der Waals surface area contributed by atoms with Crippen molar-refractivity contribution in [2.24, 2.45) is 0 Å². The molecule has 4 N–H and O–H groups in total. The average Bonchev–Trinajstić information content (AvgIpc) is 3.40. The molecule has 14 nitrogen and oxygen atoms in total. The predicted octanol–water partition coefficient (Wildman–Crippen LogP) is 4.94. The minimum Gasteiger partial charge on any atom is -0.453 e. The number of hydrogen-bond donors (Lipinski definition) is 4. The molecule has 1 amide bonds. The number of hydrogen-bond acceptors (Lipinski definition) is 10. The number of ether oxygens (including phenoxy) is 3. The third-order valence-corrected chi connectivity index (χ3v) is 9.07. The zero-order chi connectivity index (χ0) is 35.9. The summed E-state index contributed by atoms with van der Waals surface area (Å²) < 4.78 is 34.5. The molecule has 15 heteroatoms. The van der Waals surface area contributed by atoms with E-state index in [0.717, 1.165) is 42.7 Å². The molecule has 1 aliphatic heterocycles. The van der Waals surface area contributed by atoms with Crippen LogP contribution in [0, 0.1) is 0 Å². The number of carbonyl (C=O) groups is 2. The summed E-state index contributed by atoms with van der Waals surface area (Å²) in [5.41, 5.74) is -1.37. The summed E-state index contributed by atoms with van der Waals surface area (Å²) >= 11 is 0. The van der Waals surface area contributed by atoms with Crippen LogP contribution >= 0.6 is 8.25 Å². The Morgan fingerprint density at radius 1 is 0.939 bits per heavy atom. The van der Waals surface area contributed by atoms with Crippen LogP contribution in [0.5, 0.6) is 0 Å². The summed E-state index contributed by atoms with van der Waals surface area (Å²) in [5.74, 6) is -0.687. The van der Waals surface area contributed by atoms with Crippen molar-refractivity contribution in [1.82, 2.24) is 14.9 Å². The number of H-pyrrole nitrogens is 1. The van der Waals surface area contributed by atoms with Gasteiger partial charge in [-0.1, -0.05) is 96.8 Å². The van der Waals surface area contributed by atoms with Crippen LogP contribution < -0.4 is 16.6 Å². The van der Waals surface area contributed by atoms with Gasteiger partial charge < -0.3 is 24.6 Å². The van der Waals surface area contributed by atoms with E-state index in [0.29, 0.717) is 25.8 Å². The second-order valence-corrected chi connectivity index (χ2v) is 13.4. The van der Waals surface area contributed by atoms with Gasteiger partial charge >= 0.3 is 19.9 Å². The first-order valence-corrected chi connectivity index (χ1v) is 19.3. The first-order chi connectivity index (χ1) is 23.7. The average molecular weight is 717 g/mol. The molecule has 1 saturated heterocycles. The molecule has 1 aliphatic rings. The Balaban J connectivity index is 1.56. The van der Waals surface area contributed by atoms with Gasteiger partial charge in [-0.2, -0.15) is 0 Å². The second-order valence-electron chi connectivity index (χ2n) is 12.7. The molecule has 0 aliphatic carbocycles. The number of aromatic amines is 1. The van der Waals surface area contributed by atoms with E-state index in [-0.39, 0.29) is 18.5 Å². The largest absolute Gasteiger partial charge is 0.695 e. The quantitative estimate of drug-likeness (QED) is 0.0521. The van der Waals surface area contributed by atoms with Gasteiger partial charge in [0.15, 0.2) is 18.4 Å². The topological polar surface area (TPSA) is 195 Å². The summed E-state index contributed by atoms with van der Waals surface area (Å²) in [6.07, 6.45) is 15.2. The van der Waals surface area contributed by atoms with Crippen molar-refractivity contribution in [3.05, 3.63) is 33.1 Å². The summed E-state index contributed by atoms with van der Waals surface area (Å²) in [6, 6.07) is 1.13. The van der Waals surface area contributed by atoms with Gasteiger partial charge in [0.25, 0.3) is 11.5 Å². The van der Waals surface area contributed by atoms with Crippen molar-refractivity contribution < 1.29 is 42.9 Å². The van der Waals surface area contributed by atoms with Gasteiger partial charge in [-0.15, -0.1) is 9.42 Å². The van der Waals surface area contributed by atoms with E-state index in [1.54, 1.807) is 6.92 Å². The summed E-state index contributed by atoms with van der Waals surface area (Å²) in [7, 11) is -3.05. The highest BCUT2D eigenvalue weighted by atomic mass is 31.1. The highest BCUT2D eigenvalue weighted by Crippen LogP contribution is 2.37. The van der Waals surface area contributed by atoms with Crippen LogP contribution in [0.25, 0.3) is 0 Å². The van der Waals surface area contributed by atoms with Crippen LogP contribution in [0.4, 0.5) is 0 Å². The fourth-order valence-corrected chi connectivity index (χ4v) is 6.33. The molecule has 0 radical (unpaired) electrons. The van der Waals surface area contributed by atoms with Gasteiger partial charge in [0.2, 0.25) is 0 Å². The molecule has 2 heterocycles. The normalized spacial score (nSPS) is 19.9. The molecule has 2 rings (SSSR count). The van der Waals surface area contributed by atoms with Gasteiger partial charge in [0.05, 0.1) is 6.61 Å². The number of unbranched alkanes of at least 4 members (excludes halogenated alkanes) is 15. The van der Waals surface area contributed by atoms with E-state index >= 15 is 0 Å². The summed E-state index contributed by atoms with van der Waals surface area (Å²) in [6.45, 7) is 3.88. The van der Waals surface area contributed by atoms with Crippen molar-refractivity contribution >= 4 is 20.1 Å². The minimum atomic E-state index is -3.05. The van der Waals surface area contributed by atoms with Crippen LogP contribution in [-0.2, 0) is 32.9 Å². The van der Waals surface area contributed by atoms with Gasteiger partial charge in [0, 0.05) is 36.4 Å². The number of nitrogens with one attached hydrogen (secondary N) is 2. The lowest BCUT2D eigenvalue weighted by atomic mass is 10.0. The standard InChI is InChI=1S/C34H58N3O11P/c1-3-4-5-6-7-8-9-10-11-12-13-14-17-20-29(40)46-26(2)32(41)35-22-18-15-16-19-24-45-31-30(48-49(43)44)27(25-38)47-33(31)37-23-21-28(39)36-34(37)42/h21,23,26-27,30-31,33,38H,3-20,22,24-25H2,1-2H3,(H2-,35,36,39,41,42,43,44)/p+1/t26-,27+,30?,31-,33+/m0/s1. The van der Waals surface area contributed by atoms with Crippen LogP contribution in [-0.4, -0.2) is 75.6 Å². The highest BCUT2D eigenvalue weighted by Gasteiger charge is 2.51. The molecule has 1 aromatic rings. The number of aliphatic hydroxyl groups is 1. The minimum absolute atomic E-state index is 0.196. The van der Waals surface area contributed by atoms with Crippen LogP contribution in [0.15, 0.2) is 21.9 Å². The van der Waals surface area contributed by atoms with E-state index < -0.39 is 56.8 Å².